The van der Waals surface area contributed by atoms with Crippen LogP contribution in [0, 0.1) is 5.41 Å². The Labute approximate surface area is 99.3 Å². The van der Waals surface area contributed by atoms with Gasteiger partial charge >= 0.3 is 0 Å². The summed E-state index contributed by atoms with van der Waals surface area (Å²) >= 11 is 0. The summed E-state index contributed by atoms with van der Waals surface area (Å²) in [5, 5.41) is 4.80. The van der Waals surface area contributed by atoms with Crippen molar-refractivity contribution < 1.29 is 0 Å². The fourth-order valence-electron chi connectivity index (χ4n) is 2.67. The molecule has 1 unspecified atom stereocenters. The van der Waals surface area contributed by atoms with Crippen molar-refractivity contribution in [1.82, 2.24) is 5.32 Å². The van der Waals surface area contributed by atoms with Crippen LogP contribution in [0.25, 0.3) is 0 Å². The molecule has 0 aliphatic carbocycles. The van der Waals surface area contributed by atoms with Gasteiger partial charge in [0.1, 0.15) is 0 Å². The molecule has 0 saturated carbocycles. The molecule has 1 nitrogen and oxygen atoms in total. The van der Waals surface area contributed by atoms with Gasteiger partial charge in [-0.15, -0.1) is 0 Å². The van der Waals surface area contributed by atoms with Crippen LogP contribution in [0.15, 0.2) is 30.3 Å². The van der Waals surface area contributed by atoms with E-state index in [2.05, 4.69) is 44.2 Å². The van der Waals surface area contributed by atoms with Crippen LogP contribution in [0.5, 0.6) is 0 Å². The fraction of sp³-hybridized carbons (Fsp3) is 0.600. The molecule has 16 heavy (non-hydrogen) atoms. The van der Waals surface area contributed by atoms with Crippen molar-refractivity contribution in [3.63, 3.8) is 0 Å². The van der Waals surface area contributed by atoms with Gasteiger partial charge in [-0.1, -0.05) is 50.6 Å². The largest absolute Gasteiger partial charge is 0.238 e. The first-order valence-corrected chi connectivity index (χ1v) is 6.39. The minimum absolute atomic E-state index is 0.307. The summed E-state index contributed by atoms with van der Waals surface area (Å²) in [6.07, 6.45) is 5.06. The molecular weight excluding hydrogens is 194 g/mol. The highest BCUT2D eigenvalue weighted by molar-refractivity contribution is 5.16. The third kappa shape index (κ3) is 2.85. The van der Waals surface area contributed by atoms with Crippen LogP contribution in [0.2, 0.25) is 0 Å². The molecule has 1 heteroatoms. The second kappa shape index (κ2) is 5.01. The molecule has 1 saturated heterocycles. The fourth-order valence-corrected chi connectivity index (χ4v) is 2.67. The van der Waals surface area contributed by atoms with Gasteiger partial charge in [-0.05, 0) is 30.2 Å². The third-order valence-corrected chi connectivity index (χ3v) is 3.64. The highest BCUT2D eigenvalue weighted by Gasteiger charge is 2.31. The predicted octanol–water partition coefficient (Wildman–Crippen LogP) is 3.41. The van der Waals surface area contributed by atoms with E-state index in [4.69, 9.17) is 5.32 Å². The summed E-state index contributed by atoms with van der Waals surface area (Å²) in [7, 11) is 0. The molecule has 0 N–H and O–H groups in total. The van der Waals surface area contributed by atoms with E-state index in [1.165, 1.54) is 24.8 Å². The minimum atomic E-state index is 0.307. The number of benzene rings is 1. The molecule has 1 aromatic carbocycles. The van der Waals surface area contributed by atoms with Crippen molar-refractivity contribution in [3.8, 4) is 0 Å². The lowest BCUT2D eigenvalue weighted by Crippen LogP contribution is -2.41. The molecule has 1 aliphatic rings. The first kappa shape index (κ1) is 11.7. The molecule has 0 spiro atoms. The third-order valence-electron chi connectivity index (χ3n) is 3.64. The summed E-state index contributed by atoms with van der Waals surface area (Å²) in [5.41, 5.74) is 1.75. The van der Waals surface area contributed by atoms with Crippen LogP contribution >= 0.6 is 0 Å². The van der Waals surface area contributed by atoms with Crippen molar-refractivity contribution in [2.45, 2.75) is 45.6 Å². The second-order valence-corrected chi connectivity index (χ2v) is 5.57. The zero-order valence-corrected chi connectivity index (χ0v) is 10.4. The summed E-state index contributed by atoms with van der Waals surface area (Å²) in [4.78, 5) is 0. The lowest BCUT2D eigenvalue weighted by Gasteiger charge is -2.36. The van der Waals surface area contributed by atoms with Gasteiger partial charge in [0, 0.05) is 12.6 Å². The maximum atomic E-state index is 4.80. The highest BCUT2D eigenvalue weighted by atomic mass is 14.9. The van der Waals surface area contributed by atoms with Gasteiger partial charge < -0.3 is 0 Å². The van der Waals surface area contributed by atoms with Crippen LogP contribution in [-0.2, 0) is 6.42 Å². The zero-order chi connectivity index (χ0) is 11.4. The Kier molecular flexibility index (Phi) is 3.65. The molecule has 2 rings (SSSR count). The average molecular weight is 216 g/mol. The quantitative estimate of drug-likeness (QED) is 0.735. The van der Waals surface area contributed by atoms with E-state index < -0.39 is 0 Å². The van der Waals surface area contributed by atoms with Gasteiger partial charge in [-0.2, -0.15) is 0 Å². The predicted molar refractivity (Wildman–Crippen MR) is 68.6 cm³/mol. The van der Waals surface area contributed by atoms with Crippen molar-refractivity contribution in [3.05, 3.63) is 35.9 Å². The van der Waals surface area contributed by atoms with E-state index in [0.29, 0.717) is 11.5 Å². The minimum Gasteiger partial charge on any atom is -0.238 e. The second-order valence-electron chi connectivity index (χ2n) is 5.57. The van der Waals surface area contributed by atoms with Gasteiger partial charge in [0.15, 0.2) is 0 Å². The van der Waals surface area contributed by atoms with Crippen LogP contribution in [0.1, 0.15) is 38.7 Å². The van der Waals surface area contributed by atoms with Gasteiger partial charge in [-0.25, -0.2) is 5.32 Å². The van der Waals surface area contributed by atoms with Gasteiger partial charge in [0.05, 0.1) is 0 Å². The number of piperidine rings is 1. The van der Waals surface area contributed by atoms with Crippen molar-refractivity contribution in [1.29, 1.82) is 0 Å². The summed E-state index contributed by atoms with van der Waals surface area (Å²) < 4.78 is 0. The first-order valence-electron chi connectivity index (χ1n) is 6.39. The van der Waals surface area contributed by atoms with Crippen LogP contribution < -0.4 is 5.32 Å². The average Bonchev–Trinajstić information content (AvgIpc) is 2.31. The van der Waals surface area contributed by atoms with E-state index in [9.17, 15) is 0 Å². The molecule has 1 heterocycles. The van der Waals surface area contributed by atoms with Gasteiger partial charge in [0.25, 0.3) is 0 Å². The number of hydrogen-bond acceptors (Lipinski definition) is 0. The van der Waals surface area contributed by atoms with Crippen LogP contribution in [0.3, 0.4) is 0 Å². The molecule has 1 radical (unpaired) electrons. The number of rotatable bonds is 3. The molecule has 0 amide bonds. The Hall–Kier alpha value is -0.820. The summed E-state index contributed by atoms with van der Waals surface area (Å²) in [6.45, 7) is 5.79. The summed E-state index contributed by atoms with van der Waals surface area (Å²) in [5.74, 6) is 0. The van der Waals surface area contributed by atoms with E-state index in [0.717, 1.165) is 13.0 Å². The SMILES string of the molecule is CC(C)(Cc1ccccc1)C1CCCC[N]1. The number of nitrogens with zero attached hydrogens (tertiary/aromatic N) is 1. The highest BCUT2D eigenvalue weighted by Crippen LogP contribution is 2.31. The Morgan fingerprint density at radius 2 is 1.94 bits per heavy atom. The van der Waals surface area contributed by atoms with Crippen molar-refractivity contribution in [2.24, 2.45) is 5.41 Å². The smallest absolute Gasteiger partial charge is 0.0300 e. The monoisotopic (exact) mass is 216 g/mol. The molecule has 0 aromatic heterocycles. The molecular formula is C15H22N. The van der Waals surface area contributed by atoms with E-state index in [1.54, 1.807) is 0 Å². The molecule has 1 atom stereocenters. The molecule has 0 bridgehead atoms. The van der Waals surface area contributed by atoms with Crippen LogP contribution in [-0.4, -0.2) is 12.6 Å². The molecule has 1 aliphatic heterocycles. The first-order chi connectivity index (χ1) is 7.68. The standard InChI is InChI=1S/C15H22N/c1-15(2,14-10-6-7-11-16-14)12-13-8-4-3-5-9-13/h3-5,8-9,14H,6-7,10-12H2,1-2H3. The van der Waals surface area contributed by atoms with Gasteiger partial charge in [-0.3, -0.25) is 0 Å². The van der Waals surface area contributed by atoms with Crippen LogP contribution in [0.4, 0.5) is 0 Å². The maximum absolute atomic E-state index is 4.80. The Morgan fingerprint density at radius 3 is 2.56 bits per heavy atom. The van der Waals surface area contributed by atoms with Gasteiger partial charge in [0.2, 0.25) is 0 Å². The zero-order valence-electron chi connectivity index (χ0n) is 10.4. The van der Waals surface area contributed by atoms with E-state index in [1.807, 2.05) is 0 Å². The van der Waals surface area contributed by atoms with E-state index >= 15 is 0 Å². The summed E-state index contributed by atoms with van der Waals surface area (Å²) in [6, 6.07) is 11.4. The number of hydrogen-bond donors (Lipinski definition) is 0. The topological polar surface area (TPSA) is 14.1 Å². The molecule has 87 valence electrons. The Bertz CT molecular complexity index is 309. The Balaban J connectivity index is 2.01. The Morgan fingerprint density at radius 1 is 1.19 bits per heavy atom. The normalized spacial score (nSPS) is 22.0. The molecule has 1 aromatic rings. The van der Waals surface area contributed by atoms with Crippen molar-refractivity contribution in [2.75, 3.05) is 6.54 Å². The molecule has 1 fully saturated rings. The van der Waals surface area contributed by atoms with E-state index in [-0.39, 0.29) is 0 Å². The lowest BCUT2D eigenvalue weighted by atomic mass is 9.76. The van der Waals surface area contributed by atoms with Crippen molar-refractivity contribution >= 4 is 0 Å². The lowest BCUT2D eigenvalue weighted by molar-refractivity contribution is 0.198. The maximum Gasteiger partial charge on any atom is 0.0300 e.